The van der Waals surface area contributed by atoms with E-state index in [0.29, 0.717) is 0 Å². The molecule has 0 amide bonds. The number of aromatic nitrogens is 2. The first-order valence-corrected chi connectivity index (χ1v) is 10.5. The van der Waals surface area contributed by atoms with E-state index in [1.807, 2.05) is 72.3 Å². The summed E-state index contributed by atoms with van der Waals surface area (Å²) in [5.41, 5.74) is 6.99. The van der Waals surface area contributed by atoms with Crippen LogP contribution in [-0.4, -0.2) is 14.7 Å². The Morgan fingerprint density at radius 2 is 1.35 bits per heavy atom. The van der Waals surface area contributed by atoms with Gasteiger partial charge in [0.05, 0.1) is 16.6 Å². The van der Waals surface area contributed by atoms with Crippen molar-refractivity contribution in [2.75, 3.05) is 0 Å². The molecule has 0 atom stereocenters. The highest BCUT2D eigenvalue weighted by molar-refractivity contribution is 5.82. The maximum absolute atomic E-state index is 11.6. The third kappa shape index (κ3) is 3.38. The number of nitrogens with zero attached hydrogens (tertiary/aromatic N) is 2. The number of hydrogen-bond acceptors (Lipinski definition) is 2. The molecule has 0 fully saturated rings. The van der Waals surface area contributed by atoms with Crippen LogP contribution >= 0.6 is 0 Å². The number of rotatable bonds is 4. The molecule has 1 heterocycles. The minimum Gasteiger partial charge on any atom is -0.507 e. The average Bonchev–Trinajstić information content (AvgIpc) is 3.14. The van der Waals surface area contributed by atoms with Crippen LogP contribution in [0.5, 0.6) is 5.75 Å². The molecule has 0 radical (unpaired) electrons. The summed E-state index contributed by atoms with van der Waals surface area (Å²) in [5.74, 6) is 0.973. The SMILES string of the molecule is Cc1cc(-c2nc3ccccc3n2C)c(O)c(C(c2ccccc2)c2ccccc2)c1. The van der Waals surface area contributed by atoms with Crippen LogP contribution in [0.1, 0.15) is 28.2 Å². The van der Waals surface area contributed by atoms with Crippen LogP contribution in [0.4, 0.5) is 0 Å². The molecule has 3 heteroatoms. The standard InChI is InChI=1S/C28H24N2O/c1-19-17-22(26(20-11-5-3-6-12-20)21-13-7-4-8-14-21)27(31)23(18-19)28-29-24-15-9-10-16-25(24)30(28)2/h3-18,26,31H,1-2H3. The van der Waals surface area contributed by atoms with Crippen molar-refractivity contribution in [3.8, 4) is 17.1 Å². The first kappa shape index (κ1) is 19.1. The predicted octanol–water partition coefficient (Wildman–Crippen LogP) is 6.43. The molecule has 31 heavy (non-hydrogen) atoms. The molecule has 0 bridgehead atoms. The highest BCUT2D eigenvalue weighted by atomic mass is 16.3. The summed E-state index contributed by atoms with van der Waals surface area (Å²) in [6, 6.07) is 32.9. The van der Waals surface area contributed by atoms with Crippen LogP contribution in [0.25, 0.3) is 22.4 Å². The molecule has 1 N–H and O–H groups in total. The lowest BCUT2D eigenvalue weighted by Crippen LogP contribution is -2.05. The van der Waals surface area contributed by atoms with Crippen molar-refractivity contribution in [3.63, 3.8) is 0 Å². The van der Waals surface area contributed by atoms with E-state index in [1.54, 1.807) is 0 Å². The van der Waals surface area contributed by atoms with Gasteiger partial charge in [0.1, 0.15) is 11.6 Å². The van der Waals surface area contributed by atoms with Gasteiger partial charge in [0, 0.05) is 18.5 Å². The Morgan fingerprint density at radius 3 is 1.97 bits per heavy atom. The fourth-order valence-electron chi connectivity index (χ4n) is 4.43. The zero-order valence-corrected chi connectivity index (χ0v) is 17.7. The maximum Gasteiger partial charge on any atom is 0.144 e. The van der Waals surface area contributed by atoms with Gasteiger partial charge in [-0.15, -0.1) is 0 Å². The Kier molecular flexibility index (Phi) is 4.79. The molecular weight excluding hydrogens is 380 g/mol. The van der Waals surface area contributed by atoms with Crippen LogP contribution in [0.2, 0.25) is 0 Å². The highest BCUT2D eigenvalue weighted by Crippen LogP contribution is 2.42. The molecule has 4 aromatic carbocycles. The van der Waals surface area contributed by atoms with Crippen LogP contribution in [0.3, 0.4) is 0 Å². The molecule has 0 spiro atoms. The summed E-state index contributed by atoms with van der Waals surface area (Å²) in [4.78, 5) is 4.83. The Bertz CT molecular complexity index is 1310. The summed E-state index contributed by atoms with van der Waals surface area (Å²) in [7, 11) is 2.00. The molecule has 5 aromatic rings. The van der Waals surface area contributed by atoms with Gasteiger partial charge in [-0.2, -0.15) is 0 Å². The lowest BCUT2D eigenvalue weighted by Gasteiger charge is -2.22. The van der Waals surface area contributed by atoms with Crippen molar-refractivity contribution in [1.29, 1.82) is 0 Å². The number of aromatic hydroxyl groups is 1. The summed E-state index contributed by atoms with van der Waals surface area (Å²) >= 11 is 0. The molecule has 0 saturated carbocycles. The molecule has 152 valence electrons. The first-order valence-electron chi connectivity index (χ1n) is 10.5. The second kappa shape index (κ2) is 7.77. The summed E-state index contributed by atoms with van der Waals surface area (Å²) in [5, 5.41) is 11.6. The van der Waals surface area contributed by atoms with Crippen LogP contribution in [0.15, 0.2) is 97.1 Å². The normalized spacial score (nSPS) is 11.3. The van der Waals surface area contributed by atoms with E-state index in [1.165, 1.54) is 0 Å². The Balaban J connectivity index is 1.76. The van der Waals surface area contributed by atoms with Gasteiger partial charge < -0.3 is 9.67 Å². The molecule has 1 aromatic heterocycles. The largest absolute Gasteiger partial charge is 0.507 e. The first-order chi connectivity index (χ1) is 15.1. The van der Waals surface area contributed by atoms with Crippen LogP contribution < -0.4 is 0 Å². The fourth-order valence-corrected chi connectivity index (χ4v) is 4.43. The number of para-hydroxylation sites is 2. The van der Waals surface area contributed by atoms with E-state index < -0.39 is 0 Å². The molecule has 5 rings (SSSR count). The third-order valence-electron chi connectivity index (χ3n) is 5.89. The van der Waals surface area contributed by atoms with E-state index in [-0.39, 0.29) is 11.7 Å². The van der Waals surface area contributed by atoms with Gasteiger partial charge in [-0.1, -0.05) is 78.9 Å². The quantitative estimate of drug-likeness (QED) is 0.350. The molecule has 0 unspecified atom stereocenters. The molecule has 0 aliphatic heterocycles. The second-order valence-corrected chi connectivity index (χ2v) is 7.99. The van der Waals surface area contributed by atoms with Crippen molar-refractivity contribution in [3.05, 3.63) is 119 Å². The summed E-state index contributed by atoms with van der Waals surface area (Å²) in [6.45, 7) is 2.07. The summed E-state index contributed by atoms with van der Waals surface area (Å²) in [6.07, 6.45) is 0. The molecule has 3 nitrogen and oxygen atoms in total. The average molecular weight is 405 g/mol. The van der Waals surface area contributed by atoms with E-state index >= 15 is 0 Å². The van der Waals surface area contributed by atoms with Gasteiger partial charge in [-0.3, -0.25) is 0 Å². The van der Waals surface area contributed by atoms with E-state index in [2.05, 4.69) is 43.3 Å². The number of phenolic OH excluding ortho intramolecular Hbond substituents is 1. The van der Waals surface area contributed by atoms with Gasteiger partial charge in [0.2, 0.25) is 0 Å². The van der Waals surface area contributed by atoms with E-state index in [9.17, 15) is 5.11 Å². The minimum absolute atomic E-state index is 0.0734. The van der Waals surface area contributed by atoms with Gasteiger partial charge in [-0.25, -0.2) is 4.98 Å². The van der Waals surface area contributed by atoms with Crippen molar-refractivity contribution < 1.29 is 5.11 Å². The van der Waals surface area contributed by atoms with Crippen molar-refractivity contribution >= 4 is 11.0 Å². The lowest BCUT2D eigenvalue weighted by molar-refractivity contribution is 0.468. The van der Waals surface area contributed by atoms with Crippen LogP contribution in [-0.2, 0) is 7.05 Å². The van der Waals surface area contributed by atoms with Gasteiger partial charge in [-0.05, 0) is 41.8 Å². The maximum atomic E-state index is 11.6. The highest BCUT2D eigenvalue weighted by Gasteiger charge is 2.24. The topological polar surface area (TPSA) is 38.0 Å². The molecule has 0 aliphatic rings. The fraction of sp³-hybridized carbons (Fsp3) is 0.107. The third-order valence-corrected chi connectivity index (χ3v) is 5.89. The zero-order chi connectivity index (χ0) is 21.4. The number of aryl methyl sites for hydroxylation is 2. The number of benzene rings is 4. The second-order valence-electron chi connectivity index (χ2n) is 7.99. The Hall–Kier alpha value is -3.85. The molecular formula is C28H24N2O. The van der Waals surface area contributed by atoms with E-state index in [4.69, 9.17) is 4.98 Å². The minimum atomic E-state index is -0.0734. The number of phenols is 1. The van der Waals surface area contributed by atoms with E-state index in [0.717, 1.165) is 44.7 Å². The molecule has 0 aliphatic carbocycles. The van der Waals surface area contributed by atoms with Crippen molar-refractivity contribution in [2.45, 2.75) is 12.8 Å². The van der Waals surface area contributed by atoms with Crippen LogP contribution in [0, 0.1) is 6.92 Å². The number of hydrogen-bond donors (Lipinski definition) is 1. The zero-order valence-electron chi connectivity index (χ0n) is 17.7. The van der Waals surface area contributed by atoms with Crippen molar-refractivity contribution in [1.82, 2.24) is 9.55 Å². The Labute approximate surface area is 182 Å². The predicted molar refractivity (Wildman–Crippen MR) is 126 cm³/mol. The van der Waals surface area contributed by atoms with Gasteiger partial charge in [0.25, 0.3) is 0 Å². The lowest BCUT2D eigenvalue weighted by atomic mass is 9.83. The number of imidazole rings is 1. The molecule has 0 saturated heterocycles. The smallest absolute Gasteiger partial charge is 0.144 e. The van der Waals surface area contributed by atoms with Crippen molar-refractivity contribution in [2.24, 2.45) is 7.05 Å². The summed E-state index contributed by atoms with van der Waals surface area (Å²) < 4.78 is 2.05. The monoisotopic (exact) mass is 404 g/mol. The number of fused-ring (bicyclic) bond motifs is 1. The van der Waals surface area contributed by atoms with Gasteiger partial charge in [0.15, 0.2) is 0 Å². The Morgan fingerprint density at radius 1 is 0.774 bits per heavy atom. The van der Waals surface area contributed by atoms with Gasteiger partial charge >= 0.3 is 0 Å².